The Morgan fingerprint density at radius 3 is 2.53 bits per heavy atom. The highest BCUT2D eigenvalue weighted by atomic mass is 16.2. The maximum Gasteiger partial charge on any atom is 0.321 e. The van der Waals surface area contributed by atoms with Gasteiger partial charge in [-0.05, 0) is 41.0 Å². The fourth-order valence-corrected chi connectivity index (χ4v) is 4.28. The number of nitrogens with zero attached hydrogens (tertiary/aromatic N) is 5. The van der Waals surface area contributed by atoms with Crippen molar-refractivity contribution in [1.29, 1.82) is 0 Å². The fourth-order valence-electron chi connectivity index (χ4n) is 4.28. The quantitative estimate of drug-likeness (QED) is 0.344. The lowest BCUT2D eigenvalue weighted by Crippen LogP contribution is -2.49. The largest absolute Gasteiger partial charge is 0.321 e. The second-order valence-electron chi connectivity index (χ2n) is 9.36. The molecule has 0 saturated carbocycles. The van der Waals surface area contributed by atoms with E-state index in [1.807, 2.05) is 60.7 Å². The number of benzene rings is 3. The number of para-hydroxylation sites is 1. The summed E-state index contributed by atoms with van der Waals surface area (Å²) in [6.45, 7) is 4.75. The summed E-state index contributed by atoms with van der Waals surface area (Å²) in [5, 5.41) is 19.4. The number of urea groups is 1. The van der Waals surface area contributed by atoms with Crippen LogP contribution in [0.3, 0.4) is 0 Å². The molecule has 38 heavy (non-hydrogen) atoms. The van der Waals surface area contributed by atoms with Crippen LogP contribution >= 0.6 is 0 Å². The van der Waals surface area contributed by atoms with Gasteiger partial charge >= 0.3 is 6.03 Å². The molecule has 3 N–H and O–H groups in total. The Morgan fingerprint density at radius 1 is 1.00 bits per heavy atom. The number of fused-ring (bicyclic) bond motifs is 1. The van der Waals surface area contributed by atoms with Gasteiger partial charge in [0.05, 0.1) is 11.4 Å². The van der Waals surface area contributed by atoms with Crippen molar-refractivity contribution in [1.82, 2.24) is 25.9 Å². The van der Waals surface area contributed by atoms with Gasteiger partial charge in [-0.2, -0.15) is 0 Å². The van der Waals surface area contributed by atoms with Crippen LogP contribution in [-0.2, 0) is 4.79 Å². The second kappa shape index (κ2) is 11.0. The topological polar surface area (TPSA) is 128 Å². The average molecular weight is 509 g/mol. The summed E-state index contributed by atoms with van der Waals surface area (Å²) in [6, 6.07) is 23.9. The third-order valence-corrected chi connectivity index (χ3v) is 6.19. The van der Waals surface area contributed by atoms with Crippen molar-refractivity contribution in [3.63, 3.8) is 0 Å². The SMILES string of the molecule is CC(C)CCN1C(=O)C(NC(=O)Nc2cccc(-c3nnn[nH]3)c2)N=C(c2ccccc2)c2ccccc21. The molecule has 5 rings (SSSR count). The van der Waals surface area contributed by atoms with E-state index in [2.05, 4.69) is 45.1 Å². The smallest absolute Gasteiger partial charge is 0.308 e. The molecule has 1 atom stereocenters. The number of tetrazole rings is 1. The molecule has 0 radical (unpaired) electrons. The standard InChI is InChI=1S/C28H28N8O2/c1-18(2)15-16-36-23-14-7-6-13-22(23)24(19-9-4-3-5-10-19)30-26(27(36)37)31-28(38)29-21-12-8-11-20(17-21)25-32-34-35-33-25/h3-14,17-18,26H,15-16H2,1-2H3,(H2,29,31,38)(H,32,33,34,35). The molecule has 192 valence electrons. The van der Waals surface area contributed by atoms with Crippen molar-refractivity contribution in [2.75, 3.05) is 16.8 Å². The normalized spacial score (nSPS) is 15.0. The van der Waals surface area contributed by atoms with Crippen LogP contribution in [0.1, 0.15) is 31.4 Å². The second-order valence-corrected chi connectivity index (χ2v) is 9.36. The number of hydrogen-bond donors (Lipinski definition) is 3. The first-order valence-electron chi connectivity index (χ1n) is 12.5. The van der Waals surface area contributed by atoms with Crippen molar-refractivity contribution in [2.45, 2.75) is 26.4 Å². The van der Waals surface area contributed by atoms with Gasteiger partial charge in [-0.1, -0.05) is 74.5 Å². The highest BCUT2D eigenvalue weighted by Crippen LogP contribution is 2.29. The number of nitrogens with one attached hydrogen (secondary N) is 3. The number of aromatic amines is 1. The minimum Gasteiger partial charge on any atom is -0.308 e. The molecule has 1 aliphatic heterocycles. The average Bonchev–Trinajstić information content (AvgIpc) is 3.44. The van der Waals surface area contributed by atoms with E-state index in [9.17, 15) is 9.59 Å². The van der Waals surface area contributed by atoms with E-state index < -0.39 is 12.2 Å². The number of carbonyl (C=O) groups excluding carboxylic acids is 2. The maximum atomic E-state index is 13.8. The first kappa shape index (κ1) is 24.8. The number of benzodiazepines with no additional fused rings is 1. The number of aromatic nitrogens is 4. The van der Waals surface area contributed by atoms with Crippen molar-refractivity contribution >= 4 is 29.0 Å². The molecular formula is C28H28N8O2. The molecule has 3 aromatic carbocycles. The summed E-state index contributed by atoms with van der Waals surface area (Å²) in [5.41, 5.74) is 4.35. The van der Waals surface area contributed by atoms with Crippen molar-refractivity contribution in [3.05, 3.63) is 90.0 Å². The lowest BCUT2D eigenvalue weighted by molar-refractivity contribution is -0.120. The number of carbonyl (C=O) groups is 2. The number of rotatable bonds is 7. The van der Waals surface area contributed by atoms with Gasteiger partial charge in [-0.3, -0.25) is 4.79 Å². The zero-order valence-corrected chi connectivity index (χ0v) is 21.1. The van der Waals surface area contributed by atoms with Crippen LogP contribution in [0.25, 0.3) is 11.4 Å². The Balaban J connectivity index is 1.46. The summed E-state index contributed by atoms with van der Waals surface area (Å²) in [5.74, 6) is 0.582. The van der Waals surface area contributed by atoms with Crippen molar-refractivity contribution < 1.29 is 9.59 Å². The summed E-state index contributed by atoms with van der Waals surface area (Å²) in [7, 11) is 0. The zero-order valence-electron chi connectivity index (χ0n) is 21.1. The summed E-state index contributed by atoms with van der Waals surface area (Å²) >= 11 is 0. The minimum atomic E-state index is -1.12. The van der Waals surface area contributed by atoms with Gasteiger partial charge in [-0.15, -0.1) is 5.10 Å². The molecule has 10 heteroatoms. The predicted octanol–water partition coefficient (Wildman–Crippen LogP) is 4.24. The summed E-state index contributed by atoms with van der Waals surface area (Å²) in [4.78, 5) is 33.5. The Kier molecular flexibility index (Phi) is 7.21. The lowest BCUT2D eigenvalue weighted by Gasteiger charge is -2.26. The molecular weight excluding hydrogens is 480 g/mol. The van der Waals surface area contributed by atoms with Crippen LogP contribution < -0.4 is 15.5 Å². The van der Waals surface area contributed by atoms with Crippen LogP contribution in [0, 0.1) is 5.92 Å². The molecule has 0 aliphatic carbocycles. The Morgan fingerprint density at radius 2 is 1.76 bits per heavy atom. The van der Waals surface area contributed by atoms with Crippen LogP contribution in [0.4, 0.5) is 16.2 Å². The van der Waals surface area contributed by atoms with E-state index in [1.54, 1.807) is 23.1 Å². The molecule has 0 fully saturated rings. The van der Waals surface area contributed by atoms with Crippen LogP contribution in [0.2, 0.25) is 0 Å². The minimum absolute atomic E-state index is 0.291. The fraction of sp³-hybridized carbons (Fsp3) is 0.214. The van der Waals surface area contributed by atoms with Gasteiger partial charge in [0, 0.05) is 28.9 Å². The Hall–Kier alpha value is -4.86. The predicted molar refractivity (Wildman–Crippen MR) is 146 cm³/mol. The van der Waals surface area contributed by atoms with Gasteiger partial charge in [0.25, 0.3) is 5.91 Å². The van der Waals surface area contributed by atoms with Gasteiger partial charge in [-0.25, -0.2) is 14.9 Å². The van der Waals surface area contributed by atoms with Crippen LogP contribution in [0.15, 0.2) is 83.9 Å². The van der Waals surface area contributed by atoms with E-state index >= 15 is 0 Å². The van der Waals surface area contributed by atoms with Gasteiger partial charge < -0.3 is 15.5 Å². The maximum absolute atomic E-state index is 13.8. The number of H-pyrrole nitrogens is 1. The summed E-state index contributed by atoms with van der Waals surface area (Å²) in [6.07, 6.45) is -0.311. The molecule has 0 spiro atoms. The third-order valence-electron chi connectivity index (χ3n) is 6.19. The number of hydrogen-bond acceptors (Lipinski definition) is 6. The molecule has 1 aromatic heterocycles. The van der Waals surface area contributed by atoms with Gasteiger partial charge in [0.15, 0.2) is 5.82 Å². The van der Waals surface area contributed by atoms with E-state index in [0.29, 0.717) is 35.2 Å². The molecule has 3 amide bonds. The molecule has 0 bridgehead atoms. The van der Waals surface area contributed by atoms with Gasteiger partial charge in [0.1, 0.15) is 0 Å². The van der Waals surface area contributed by atoms with Gasteiger partial charge in [0.2, 0.25) is 6.17 Å². The van der Waals surface area contributed by atoms with E-state index in [4.69, 9.17) is 4.99 Å². The van der Waals surface area contributed by atoms with E-state index in [-0.39, 0.29) is 5.91 Å². The number of aliphatic imine (C=N–C) groups is 1. The Labute approximate surface area is 220 Å². The first-order chi connectivity index (χ1) is 18.5. The molecule has 0 saturated heterocycles. The van der Waals surface area contributed by atoms with E-state index in [0.717, 1.165) is 23.2 Å². The van der Waals surface area contributed by atoms with Crippen molar-refractivity contribution in [2.24, 2.45) is 10.9 Å². The number of anilines is 2. The monoisotopic (exact) mass is 508 g/mol. The molecule has 2 heterocycles. The van der Waals surface area contributed by atoms with E-state index in [1.165, 1.54) is 0 Å². The lowest BCUT2D eigenvalue weighted by atomic mass is 10.00. The highest BCUT2D eigenvalue weighted by molar-refractivity contribution is 6.20. The molecule has 4 aromatic rings. The molecule has 1 unspecified atom stereocenters. The molecule has 1 aliphatic rings. The van der Waals surface area contributed by atoms with Crippen LogP contribution in [0.5, 0.6) is 0 Å². The zero-order chi connectivity index (χ0) is 26.5. The van der Waals surface area contributed by atoms with Crippen molar-refractivity contribution in [3.8, 4) is 11.4 Å². The number of amides is 3. The molecule has 10 nitrogen and oxygen atoms in total. The first-order valence-corrected chi connectivity index (χ1v) is 12.5. The summed E-state index contributed by atoms with van der Waals surface area (Å²) < 4.78 is 0. The van der Waals surface area contributed by atoms with Crippen LogP contribution in [-0.4, -0.2) is 51.0 Å². The third kappa shape index (κ3) is 5.44. The Bertz CT molecular complexity index is 1450. The highest BCUT2D eigenvalue weighted by Gasteiger charge is 2.33.